The Hall–Kier alpha value is -3.84. The van der Waals surface area contributed by atoms with Crippen LogP contribution in [0.15, 0.2) is 77.6 Å². The van der Waals surface area contributed by atoms with Crippen LogP contribution in [0.25, 0.3) is 11.0 Å². The molecule has 3 aromatic carbocycles. The van der Waals surface area contributed by atoms with Gasteiger partial charge < -0.3 is 20.0 Å². The molecule has 0 radical (unpaired) electrons. The van der Waals surface area contributed by atoms with Gasteiger partial charge in [-0.1, -0.05) is 42.5 Å². The molecule has 7 heteroatoms. The number of anilines is 1. The zero-order chi connectivity index (χ0) is 20.9. The monoisotopic (exact) mass is 402 g/mol. The molecule has 0 saturated heterocycles. The van der Waals surface area contributed by atoms with Gasteiger partial charge >= 0.3 is 5.69 Å². The first-order valence-corrected chi connectivity index (χ1v) is 9.56. The molecule has 1 amide bonds. The zero-order valence-corrected chi connectivity index (χ0v) is 16.4. The number of hydrogen-bond donors (Lipinski definition) is 4. The fourth-order valence-corrected chi connectivity index (χ4v) is 3.38. The molecule has 0 aliphatic heterocycles. The molecule has 0 aliphatic rings. The van der Waals surface area contributed by atoms with Crippen molar-refractivity contribution in [2.24, 2.45) is 0 Å². The standard InChI is InChI=1S/C23H22N4O3/c1-30-18-10-7-16(8-11-18)22(15-5-3-2-4-6-15)24-14-21(28)25-17-9-12-19-20(13-17)27-23(29)26-19/h2-13,22,24H,14H2,1H3,(H,25,28)(H2,26,27,29)/t22-/m1/s1. The van der Waals surface area contributed by atoms with Crippen molar-refractivity contribution in [3.63, 3.8) is 0 Å². The summed E-state index contributed by atoms with van der Waals surface area (Å²) in [5.41, 5.74) is 3.76. The lowest BCUT2D eigenvalue weighted by atomic mass is 9.98. The Labute approximate surface area is 173 Å². The lowest BCUT2D eigenvalue weighted by molar-refractivity contribution is -0.115. The number of aromatic amines is 2. The highest BCUT2D eigenvalue weighted by atomic mass is 16.5. The number of benzene rings is 3. The smallest absolute Gasteiger partial charge is 0.323 e. The minimum Gasteiger partial charge on any atom is -0.497 e. The molecule has 4 N–H and O–H groups in total. The summed E-state index contributed by atoms with van der Waals surface area (Å²) in [6.45, 7) is 0.118. The van der Waals surface area contributed by atoms with Gasteiger partial charge in [0, 0.05) is 5.69 Å². The van der Waals surface area contributed by atoms with Gasteiger partial charge in [0.2, 0.25) is 5.91 Å². The Bertz CT molecular complexity index is 1200. The van der Waals surface area contributed by atoms with Gasteiger partial charge in [-0.15, -0.1) is 0 Å². The van der Waals surface area contributed by atoms with E-state index in [0.29, 0.717) is 16.7 Å². The maximum Gasteiger partial charge on any atom is 0.323 e. The van der Waals surface area contributed by atoms with Crippen LogP contribution in [0.3, 0.4) is 0 Å². The number of ether oxygens (including phenoxy) is 1. The summed E-state index contributed by atoms with van der Waals surface area (Å²) in [5, 5.41) is 6.20. The van der Waals surface area contributed by atoms with Crippen molar-refractivity contribution >= 4 is 22.6 Å². The van der Waals surface area contributed by atoms with Crippen molar-refractivity contribution in [3.05, 3.63) is 94.4 Å². The second kappa shape index (κ2) is 8.67. The van der Waals surface area contributed by atoms with Gasteiger partial charge in [0.1, 0.15) is 5.75 Å². The number of aromatic nitrogens is 2. The van der Waals surface area contributed by atoms with Crippen molar-refractivity contribution in [1.82, 2.24) is 15.3 Å². The van der Waals surface area contributed by atoms with Crippen LogP contribution < -0.4 is 21.1 Å². The number of amides is 1. The molecular formula is C23H22N4O3. The van der Waals surface area contributed by atoms with Crippen LogP contribution in [0.1, 0.15) is 17.2 Å². The highest BCUT2D eigenvalue weighted by Gasteiger charge is 2.15. The van der Waals surface area contributed by atoms with E-state index >= 15 is 0 Å². The van der Waals surface area contributed by atoms with Gasteiger partial charge in [-0.25, -0.2) is 4.79 Å². The minimum absolute atomic E-state index is 0.118. The van der Waals surface area contributed by atoms with E-state index in [1.807, 2.05) is 54.6 Å². The lowest BCUT2D eigenvalue weighted by Crippen LogP contribution is -2.31. The Morgan fingerprint density at radius 3 is 2.37 bits per heavy atom. The van der Waals surface area contributed by atoms with Crippen LogP contribution in [-0.2, 0) is 4.79 Å². The predicted octanol–water partition coefficient (Wildman–Crippen LogP) is 3.18. The third kappa shape index (κ3) is 4.42. The third-order valence-electron chi connectivity index (χ3n) is 4.85. The van der Waals surface area contributed by atoms with E-state index in [9.17, 15) is 9.59 Å². The van der Waals surface area contributed by atoms with Crippen LogP contribution >= 0.6 is 0 Å². The Kier molecular flexibility index (Phi) is 5.63. The van der Waals surface area contributed by atoms with E-state index in [4.69, 9.17) is 4.74 Å². The number of carbonyl (C=O) groups is 1. The van der Waals surface area contributed by atoms with E-state index in [1.165, 1.54) is 0 Å². The zero-order valence-electron chi connectivity index (χ0n) is 16.4. The molecule has 0 aliphatic carbocycles. The number of carbonyl (C=O) groups excluding carboxylic acids is 1. The minimum atomic E-state index is -0.277. The predicted molar refractivity (Wildman–Crippen MR) is 117 cm³/mol. The fourth-order valence-electron chi connectivity index (χ4n) is 3.38. The molecule has 4 aromatic rings. The normalized spacial score (nSPS) is 11.9. The van der Waals surface area contributed by atoms with Gasteiger partial charge in [-0.2, -0.15) is 0 Å². The van der Waals surface area contributed by atoms with E-state index in [0.717, 1.165) is 16.9 Å². The van der Waals surface area contributed by atoms with Crippen molar-refractivity contribution in [2.45, 2.75) is 6.04 Å². The summed E-state index contributed by atoms with van der Waals surface area (Å²) in [6.07, 6.45) is 0. The summed E-state index contributed by atoms with van der Waals surface area (Å²) in [7, 11) is 1.63. The summed E-state index contributed by atoms with van der Waals surface area (Å²) in [5.74, 6) is 0.600. The maximum atomic E-state index is 12.5. The Morgan fingerprint density at radius 1 is 0.933 bits per heavy atom. The highest BCUT2D eigenvalue weighted by molar-refractivity contribution is 5.94. The molecule has 1 aromatic heterocycles. The number of methoxy groups -OCH3 is 1. The second-order valence-electron chi connectivity index (χ2n) is 6.89. The number of H-pyrrole nitrogens is 2. The van der Waals surface area contributed by atoms with E-state index < -0.39 is 0 Å². The number of fused-ring (bicyclic) bond motifs is 1. The lowest BCUT2D eigenvalue weighted by Gasteiger charge is -2.20. The average molecular weight is 402 g/mol. The average Bonchev–Trinajstić information content (AvgIpc) is 3.14. The summed E-state index contributed by atoms with van der Waals surface area (Å²) in [4.78, 5) is 29.3. The van der Waals surface area contributed by atoms with Crippen LogP contribution in [0.5, 0.6) is 5.75 Å². The first-order valence-electron chi connectivity index (χ1n) is 9.56. The second-order valence-corrected chi connectivity index (χ2v) is 6.89. The largest absolute Gasteiger partial charge is 0.497 e. The molecule has 0 saturated carbocycles. The number of rotatable bonds is 7. The topological polar surface area (TPSA) is 99.0 Å². The van der Waals surface area contributed by atoms with Gasteiger partial charge in [0.05, 0.1) is 30.7 Å². The number of nitrogens with one attached hydrogen (secondary N) is 4. The van der Waals surface area contributed by atoms with Gasteiger partial charge in [-0.3, -0.25) is 10.1 Å². The highest BCUT2D eigenvalue weighted by Crippen LogP contribution is 2.24. The number of imidazole rings is 1. The van der Waals surface area contributed by atoms with Crippen molar-refractivity contribution < 1.29 is 9.53 Å². The van der Waals surface area contributed by atoms with Crippen LogP contribution in [0.2, 0.25) is 0 Å². The van der Waals surface area contributed by atoms with Gasteiger partial charge in [-0.05, 0) is 41.5 Å². The summed E-state index contributed by atoms with van der Waals surface area (Å²) < 4.78 is 5.24. The molecule has 7 nitrogen and oxygen atoms in total. The van der Waals surface area contributed by atoms with Crippen molar-refractivity contribution in [2.75, 3.05) is 19.0 Å². The van der Waals surface area contributed by atoms with Crippen LogP contribution in [0, 0.1) is 0 Å². The van der Waals surface area contributed by atoms with Crippen molar-refractivity contribution in [3.8, 4) is 5.75 Å². The molecule has 0 fully saturated rings. The molecule has 1 atom stereocenters. The molecule has 152 valence electrons. The van der Waals surface area contributed by atoms with E-state index in [-0.39, 0.29) is 24.2 Å². The molecule has 0 unspecified atom stereocenters. The summed E-state index contributed by atoms with van der Waals surface area (Å²) >= 11 is 0. The molecule has 4 rings (SSSR count). The molecule has 1 heterocycles. The first kappa shape index (κ1) is 19.5. The maximum absolute atomic E-state index is 12.5. The van der Waals surface area contributed by atoms with Crippen LogP contribution in [0.4, 0.5) is 5.69 Å². The van der Waals surface area contributed by atoms with Gasteiger partial charge in [0.25, 0.3) is 0 Å². The van der Waals surface area contributed by atoms with E-state index in [1.54, 1.807) is 25.3 Å². The Balaban J connectivity index is 1.48. The number of hydrogen-bond acceptors (Lipinski definition) is 4. The Morgan fingerprint density at radius 2 is 1.63 bits per heavy atom. The quantitative estimate of drug-likeness (QED) is 0.382. The first-order chi connectivity index (χ1) is 14.6. The summed E-state index contributed by atoms with van der Waals surface area (Å²) in [6, 6.07) is 22.8. The third-order valence-corrected chi connectivity index (χ3v) is 4.85. The van der Waals surface area contributed by atoms with E-state index in [2.05, 4.69) is 20.6 Å². The SMILES string of the molecule is COc1ccc([C@H](NCC(=O)Nc2ccc3[nH]c(=O)[nH]c3c2)c2ccccc2)cc1. The molecular weight excluding hydrogens is 380 g/mol. The van der Waals surface area contributed by atoms with Crippen LogP contribution in [-0.4, -0.2) is 29.5 Å². The fraction of sp³-hybridized carbons (Fsp3) is 0.130. The van der Waals surface area contributed by atoms with Crippen molar-refractivity contribution in [1.29, 1.82) is 0 Å². The molecule has 0 bridgehead atoms. The molecule has 0 spiro atoms. The van der Waals surface area contributed by atoms with Gasteiger partial charge in [0.15, 0.2) is 0 Å². The molecule has 30 heavy (non-hydrogen) atoms.